The third kappa shape index (κ3) is 4.36. The van der Waals surface area contributed by atoms with Gasteiger partial charge in [0.25, 0.3) is 5.91 Å². The van der Waals surface area contributed by atoms with Crippen molar-refractivity contribution in [1.82, 2.24) is 5.32 Å². The van der Waals surface area contributed by atoms with E-state index in [-0.39, 0.29) is 19.4 Å². The van der Waals surface area contributed by atoms with Gasteiger partial charge in [0, 0.05) is 18.5 Å². The summed E-state index contributed by atoms with van der Waals surface area (Å²) in [6, 6.07) is 5.48. The highest BCUT2D eigenvalue weighted by atomic mass is 16.4. The van der Waals surface area contributed by atoms with Gasteiger partial charge in [0.05, 0.1) is 0 Å². The van der Waals surface area contributed by atoms with Crippen molar-refractivity contribution in [3.8, 4) is 0 Å². The van der Waals surface area contributed by atoms with Gasteiger partial charge in [-0.1, -0.05) is 18.2 Å². The van der Waals surface area contributed by atoms with Crippen LogP contribution in [-0.2, 0) is 16.1 Å². The second kappa shape index (κ2) is 7.25. The molecule has 108 valence electrons. The Morgan fingerprint density at radius 3 is 2.45 bits per heavy atom. The van der Waals surface area contributed by atoms with Gasteiger partial charge in [-0.3, -0.25) is 9.59 Å². The lowest BCUT2D eigenvalue weighted by atomic mass is 10.1. The smallest absolute Gasteiger partial charge is 0.326 e. The molecule has 0 aliphatic carbocycles. The van der Waals surface area contributed by atoms with Crippen molar-refractivity contribution in [3.63, 3.8) is 0 Å². The Balaban J connectivity index is 2.80. The van der Waals surface area contributed by atoms with Crippen molar-refractivity contribution in [2.75, 3.05) is 0 Å². The van der Waals surface area contributed by atoms with Crippen LogP contribution in [-0.4, -0.2) is 28.9 Å². The van der Waals surface area contributed by atoms with E-state index in [2.05, 4.69) is 5.32 Å². The van der Waals surface area contributed by atoms with Crippen molar-refractivity contribution in [3.05, 3.63) is 35.4 Å². The Morgan fingerprint density at radius 2 is 1.90 bits per heavy atom. The lowest BCUT2D eigenvalue weighted by molar-refractivity contribution is -0.139. The van der Waals surface area contributed by atoms with Crippen molar-refractivity contribution in [2.45, 2.75) is 25.4 Å². The molecule has 0 saturated heterocycles. The maximum atomic E-state index is 12.0. The number of benzene rings is 1. The monoisotopic (exact) mass is 279 g/mol. The van der Waals surface area contributed by atoms with Crippen LogP contribution >= 0.6 is 0 Å². The molecule has 1 aromatic rings. The first-order valence-corrected chi connectivity index (χ1v) is 6.05. The van der Waals surface area contributed by atoms with Gasteiger partial charge in [0.2, 0.25) is 5.91 Å². The van der Waals surface area contributed by atoms with E-state index in [0.717, 1.165) is 0 Å². The van der Waals surface area contributed by atoms with Gasteiger partial charge in [-0.15, -0.1) is 0 Å². The van der Waals surface area contributed by atoms with Crippen LogP contribution in [0.5, 0.6) is 0 Å². The summed E-state index contributed by atoms with van der Waals surface area (Å²) in [6.07, 6.45) is -0.170. The van der Waals surface area contributed by atoms with Crippen molar-refractivity contribution in [1.29, 1.82) is 0 Å². The number of carboxylic acids is 1. The van der Waals surface area contributed by atoms with Gasteiger partial charge >= 0.3 is 5.97 Å². The number of carboxylic acid groups (broad SMARTS) is 1. The third-order valence-electron chi connectivity index (χ3n) is 2.76. The van der Waals surface area contributed by atoms with Gasteiger partial charge < -0.3 is 21.9 Å². The average Bonchev–Trinajstić information content (AvgIpc) is 2.42. The van der Waals surface area contributed by atoms with Crippen LogP contribution in [0.2, 0.25) is 0 Å². The second-order valence-electron chi connectivity index (χ2n) is 4.23. The predicted octanol–water partition coefficient (Wildman–Crippen LogP) is -0.406. The molecule has 0 fully saturated rings. The maximum Gasteiger partial charge on any atom is 0.326 e. The van der Waals surface area contributed by atoms with Crippen LogP contribution < -0.4 is 16.8 Å². The first-order valence-electron chi connectivity index (χ1n) is 6.05. The summed E-state index contributed by atoms with van der Waals surface area (Å²) < 4.78 is 0. The second-order valence-corrected chi connectivity index (χ2v) is 4.23. The standard InChI is InChI=1S/C13H17N3O4/c14-7-8-3-1-2-4-9(8)12(18)16-10(13(19)20)5-6-11(15)17/h1-4,10H,5-7,14H2,(H2,15,17)(H,16,18)(H,19,20). The van der Waals surface area contributed by atoms with Crippen LogP contribution in [0.25, 0.3) is 0 Å². The fourth-order valence-electron chi connectivity index (χ4n) is 1.70. The summed E-state index contributed by atoms with van der Waals surface area (Å²) >= 11 is 0. The number of hydrogen-bond donors (Lipinski definition) is 4. The van der Waals surface area contributed by atoms with E-state index in [1.54, 1.807) is 24.3 Å². The topological polar surface area (TPSA) is 136 Å². The minimum absolute atomic E-state index is 0.0544. The molecule has 0 heterocycles. The molecule has 0 aliphatic rings. The molecule has 2 amide bonds. The van der Waals surface area contributed by atoms with E-state index < -0.39 is 23.8 Å². The molecule has 0 spiro atoms. The summed E-state index contributed by atoms with van der Waals surface area (Å²) in [7, 11) is 0. The van der Waals surface area contributed by atoms with Gasteiger partial charge in [-0.2, -0.15) is 0 Å². The lowest BCUT2D eigenvalue weighted by Gasteiger charge is -2.15. The molecule has 0 saturated carbocycles. The predicted molar refractivity (Wildman–Crippen MR) is 71.7 cm³/mol. The van der Waals surface area contributed by atoms with Gasteiger partial charge in [0.1, 0.15) is 6.04 Å². The summed E-state index contributed by atoms with van der Waals surface area (Å²) in [4.78, 5) is 33.8. The number of carbonyl (C=O) groups excluding carboxylic acids is 2. The van der Waals surface area contributed by atoms with E-state index in [1.807, 2.05) is 0 Å². The Kier molecular flexibility index (Phi) is 5.67. The number of rotatable bonds is 7. The summed E-state index contributed by atoms with van der Waals surface area (Å²) in [6.45, 7) is 0.169. The molecule has 1 atom stereocenters. The molecular formula is C13H17N3O4. The summed E-state index contributed by atoms with van der Waals surface area (Å²) in [5.74, 6) is -2.37. The van der Waals surface area contributed by atoms with E-state index >= 15 is 0 Å². The molecule has 6 N–H and O–H groups in total. The van der Waals surface area contributed by atoms with Crippen molar-refractivity contribution < 1.29 is 19.5 Å². The first kappa shape index (κ1) is 15.6. The zero-order chi connectivity index (χ0) is 15.1. The minimum atomic E-state index is -1.22. The number of hydrogen-bond acceptors (Lipinski definition) is 4. The van der Waals surface area contributed by atoms with E-state index in [4.69, 9.17) is 16.6 Å². The number of primary amides is 1. The van der Waals surface area contributed by atoms with Gasteiger partial charge in [-0.25, -0.2) is 4.79 Å². The Hall–Kier alpha value is -2.41. The minimum Gasteiger partial charge on any atom is -0.480 e. The molecule has 0 aromatic heterocycles. The van der Waals surface area contributed by atoms with Crippen molar-refractivity contribution in [2.24, 2.45) is 11.5 Å². The average molecular weight is 279 g/mol. The quantitative estimate of drug-likeness (QED) is 0.538. The summed E-state index contributed by atoms with van der Waals surface area (Å²) in [5.41, 5.74) is 11.4. The SMILES string of the molecule is NCc1ccccc1C(=O)NC(CCC(N)=O)C(=O)O. The van der Waals surface area contributed by atoms with E-state index in [0.29, 0.717) is 11.1 Å². The first-order chi connectivity index (χ1) is 9.45. The van der Waals surface area contributed by atoms with Crippen LogP contribution in [0.1, 0.15) is 28.8 Å². The highest BCUT2D eigenvalue weighted by Gasteiger charge is 2.22. The Labute approximate surface area is 115 Å². The van der Waals surface area contributed by atoms with Crippen LogP contribution in [0.3, 0.4) is 0 Å². The molecular weight excluding hydrogens is 262 g/mol. The molecule has 1 aromatic carbocycles. The van der Waals surface area contributed by atoms with Crippen molar-refractivity contribution >= 4 is 17.8 Å². The zero-order valence-electron chi connectivity index (χ0n) is 10.8. The van der Waals surface area contributed by atoms with Crippen LogP contribution in [0.4, 0.5) is 0 Å². The molecule has 0 aliphatic heterocycles. The normalized spacial score (nSPS) is 11.7. The molecule has 7 heteroatoms. The van der Waals surface area contributed by atoms with Gasteiger partial charge in [-0.05, 0) is 18.1 Å². The highest BCUT2D eigenvalue weighted by molar-refractivity contribution is 5.97. The van der Waals surface area contributed by atoms with Crippen LogP contribution in [0.15, 0.2) is 24.3 Å². The number of nitrogens with two attached hydrogens (primary N) is 2. The van der Waals surface area contributed by atoms with E-state index in [9.17, 15) is 14.4 Å². The largest absolute Gasteiger partial charge is 0.480 e. The van der Waals surface area contributed by atoms with E-state index in [1.165, 1.54) is 0 Å². The van der Waals surface area contributed by atoms with Crippen LogP contribution in [0, 0.1) is 0 Å². The fraction of sp³-hybridized carbons (Fsp3) is 0.308. The molecule has 20 heavy (non-hydrogen) atoms. The number of amides is 2. The molecule has 0 radical (unpaired) electrons. The Bertz CT molecular complexity index is 516. The highest BCUT2D eigenvalue weighted by Crippen LogP contribution is 2.09. The Morgan fingerprint density at radius 1 is 1.25 bits per heavy atom. The third-order valence-corrected chi connectivity index (χ3v) is 2.76. The molecule has 1 unspecified atom stereocenters. The number of aliphatic carboxylic acids is 1. The fourth-order valence-corrected chi connectivity index (χ4v) is 1.70. The summed E-state index contributed by atoms with van der Waals surface area (Å²) in [5, 5.41) is 11.4. The molecule has 1 rings (SSSR count). The lowest BCUT2D eigenvalue weighted by Crippen LogP contribution is -2.41. The number of nitrogens with one attached hydrogen (secondary N) is 1. The molecule has 7 nitrogen and oxygen atoms in total. The molecule has 0 bridgehead atoms. The maximum absolute atomic E-state index is 12.0. The zero-order valence-corrected chi connectivity index (χ0v) is 10.8. The number of carbonyl (C=O) groups is 3. The van der Waals surface area contributed by atoms with Gasteiger partial charge in [0.15, 0.2) is 0 Å².